The highest BCUT2D eigenvalue weighted by Gasteiger charge is 2.44. The van der Waals surface area contributed by atoms with Crippen molar-refractivity contribution >= 4 is 5.97 Å². The molecule has 3 heteroatoms. The number of allylic oxidation sites excluding steroid dienone is 1. The Morgan fingerprint density at radius 1 is 1.43 bits per heavy atom. The number of esters is 1. The van der Waals surface area contributed by atoms with E-state index in [1.807, 2.05) is 6.92 Å². The summed E-state index contributed by atoms with van der Waals surface area (Å²) in [6.07, 6.45) is 5.55. The molecule has 0 aromatic rings. The molecule has 0 aromatic carbocycles. The number of hydrogen-bond donors (Lipinski definition) is 0. The van der Waals surface area contributed by atoms with Crippen LogP contribution in [0.1, 0.15) is 33.1 Å². The summed E-state index contributed by atoms with van der Waals surface area (Å²) in [7, 11) is 0. The van der Waals surface area contributed by atoms with Crippen LogP contribution in [0.2, 0.25) is 0 Å². The summed E-state index contributed by atoms with van der Waals surface area (Å²) >= 11 is 0. The second-order valence-electron chi connectivity index (χ2n) is 4.03. The van der Waals surface area contributed by atoms with Crippen LogP contribution in [0.4, 0.5) is 0 Å². The summed E-state index contributed by atoms with van der Waals surface area (Å²) in [6, 6.07) is 0. The molecule has 3 unspecified atom stereocenters. The molecule has 3 atom stereocenters. The first-order valence-corrected chi connectivity index (χ1v) is 5.20. The molecule has 2 rings (SSSR count). The Hall–Kier alpha value is -0.830. The van der Waals surface area contributed by atoms with Crippen LogP contribution in [0, 0.1) is 0 Å². The quantitative estimate of drug-likeness (QED) is 0.384. The minimum atomic E-state index is -0.184. The van der Waals surface area contributed by atoms with E-state index in [2.05, 4.69) is 0 Å². The second-order valence-corrected chi connectivity index (χ2v) is 4.03. The first kappa shape index (κ1) is 9.71. The van der Waals surface area contributed by atoms with Gasteiger partial charge < -0.3 is 9.47 Å². The Kier molecular flexibility index (Phi) is 2.59. The van der Waals surface area contributed by atoms with E-state index >= 15 is 0 Å². The first-order chi connectivity index (χ1) is 6.70. The van der Waals surface area contributed by atoms with E-state index in [0.717, 1.165) is 19.3 Å². The molecule has 0 bridgehead atoms. The van der Waals surface area contributed by atoms with E-state index in [9.17, 15) is 4.79 Å². The lowest BCUT2D eigenvalue weighted by molar-refractivity contribution is -0.145. The van der Waals surface area contributed by atoms with Gasteiger partial charge in [-0.1, -0.05) is 6.08 Å². The van der Waals surface area contributed by atoms with Crippen LogP contribution in [0.25, 0.3) is 0 Å². The number of carbonyl (C=O) groups is 1. The molecule has 1 aliphatic carbocycles. The third kappa shape index (κ3) is 1.98. The van der Waals surface area contributed by atoms with Crippen molar-refractivity contribution in [2.24, 2.45) is 0 Å². The smallest absolute Gasteiger partial charge is 0.333 e. The van der Waals surface area contributed by atoms with Gasteiger partial charge in [0.25, 0.3) is 0 Å². The molecule has 14 heavy (non-hydrogen) atoms. The number of carbonyl (C=O) groups excluding carboxylic acids is 1. The monoisotopic (exact) mass is 196 g/mol. The van der Waals surface area contributed by atoms with Crippen LogP contribution in [0.5, 0.6) is 0 Å². The van der Waals surface area contributed by atoms with Gasteiger partial charge in [-0.2, -0.15) is 0 Å². The first-order valence-electron chi connectivity index (χ1n) is 5.20. The standard InChI is InChI=1S/C11H16O3/c1-3-7(2)11(12)13-8-4-5-9-10(6-8)14-9/h3,8-10H,4-6H2,1-2H3/b7-3+. The fourth-order valence-corrected chi connectivity index (χ4v) is 1.84. The number of fused-ring (bicyclic) bond motifs is 1. The highest BCUT2D eigenvalue weighted by molar-refractivity contribution is 5.87. The Bertz CT molecular complexity index is 270. The minimum absolute atomic E-state index is 0.0705. The van der Waals surface area contributed by atoms with E-state index in [0.29, 0.717) is 17.8 Å². The van der Waals surface area contributed by atoms with Crippen molar-refractivity contribution in [1.29, 1.82) is 0 Å². The molecule has 0 N–H and O–H groups in total. The topological polar surface area (TPSA) is 38.8 Å². The summed E-state index contributed by atoms with van der Waals surface area (Å²) in [5, 5.41) is 0. The third-order valence-corrected chi connectivity index (χ3v) is 2.98. The number of hydrogen-bond acceptors (Lipinski definition) is 3. The summed E-state index contributed by atoms with van der Waals surface area (Å²) < 4.78 is 10.7. The Labute approximate surface area is 84.1 Å². The molecule has 2 fully saturated rings. The zero-order valence-corrected chi connectivity index (χ0v) is 8.66. The SMILES string of the molecule is C/C=C(\C)C(=O)OC1CCC2OC2C1. The molecule has 1 aliphatic heterocycles. The predicted molar refractivity (Wildman–Crippen MR) is 51.8 cm³/mol. The van der Waals surface area contributed by atoms with Gasteiger partial charge in [0.2, 0.25) is 0 Å². The average molecular weight is 196 g/mol. The van der Waals surface area contributed by atoms with Crippen LogP contribution < -0.4 is 0 Å². The van der Waals surface area contributed by atoms with Gasteiger partial charge in [0.05, 0.1) is 12.2 Å². The number of epoxide rings is 1. The molecule has 1 saturated carbocycles. The molecule has 0 aromatic heterocycles. The van der Waals surface area contributed by atoms with Crippen molar-refractivity contribution in [1.82, 2.24) is 0 Å². The minimum Gasteiger partial charge on any atom is -0.459 e. The Morgan fingerprint density at radius 3 is 2.86 bits per heavy atom. The molecule has 78 valence electrons. The molecular formula is C11H16O3. The van der Waals surface area contributed by atoms with Gasteiger partial charge in [-0.05, 0) is 26.7 Å². The Morgan fingerprint density at radius 2 is 2.21 bits per heavy atom. The molecule has 1 heterocycles. The summed E-state index contributed by atoms with van der Waals surface area (Å²) in [5.74, 6) is -0.184. The van der Waals surface area contributed by atoms with E-state index in [1.54, 1.807) is 13.0 Å². The summed E-state index contributed by atoms with van der Waals surface area (Å²) in [5.41, 5.74) is 0.684. The highest BCUT2D eigenvalue weighted by Crippen LogP contribution is 2.37. The van der Waals surface area contributed by atoms with Gasteiger partial charge in [0.15, 0.2) is 0 Å². The lowest BCUT2D eigenvalue weighted by Gasteiger charge is -2.19. The lowest BCUT2D eigenvalue weighted by Crippen LogP contribution is -2.24. The van der Waals surface area contributed by atoms with Crippen molar-refractivity contribution < 1.29 is 14.3 Å². The maximum absolute atomic E-state index is 11.4. The van der Waals surface area contributed by atoms with Crippen molar-refractivity contribution in [2.45, 2.75) is 51.4 Å². The maximum atomic E-state index is 11.4. The largest absolute Gasteiger partial charge is 0.459 e. The number of ether oxygens (including phenoxy) is 2. The van der Waals surface area contributed by atoms with Crippen LogP contribution in [0.15, 0.2) is 11.6 Å². The zero-order chi connectivity index (χ0) is 10.1. The molecule has 2 aliphatic rings. The van der Waals surface area contributed by atoms with E-state index in [1.165, 1.54) is 0 Å². The van der Waals surface area contributed by atoms with Gasteiger partial charge in [-0.3, -0.25) is 0 Å². The zero-order valence-electron chi connectivity index (χ0n) is 8.66. The summed E-state index contributed by atoms with van der Waals surface area (Å²) in [4.78, 5) is 11.4. The van der Waals surface area contributed by atoms with Crippen molar-refractivity contribution in [3.05, 3.63) is 11.6 Å². The molecule has 0 amide bonds. The molecule has 1 saturated heterocycles. The normalized spacial score (nSPS) is 36.1. The molecule has 3 nitrogen and oxygen atoms in total. The second kappa shape index (κ2) is 3.73. The van der Waals surface area contributed by atoms with Gasteiger partial charge in [-0.15, -0.1) is 0 Å². The van der Waals surface area contributed by atoms with Crippen molar-refractivity contribution in [2.75, 3.05) is 0 Å². The van der Waals surface area contributed by atoms with Gasteiger partial charge >= 0.3 is 5.97 Å². The predicted octanol–water partition coefficient (Wildman–Crippen LogP) is 1.82. The fraction of sp³-hybridized carbons (Fsp3) is 0.727. The van der Waals surface area contributed by atoms with Crippen molar-refractivity contribution in [3.63, 3.8) is 0 Å². The highest BCUT2D eigenvalue weighted by atomic mass is 16.6. The number of rotatable bonds is 2. The third-order valence-electron chi connectivity index (χ3n) is 2.98. The van der Waals surface area contributed by atoms with Crippen LogP contribution >= 0.6 is 0 Å². The van der Waals surface area contributed by atoms with Gasteiger partial charge in [0, 0.05) is 12.0 Å². The van der Waals surface area contributed by atoms with Crippen LogP contribution in [-0.4, -0.2) is 24.3 Å². The maximum Gasteiger partial charge on any atom is 0.333 e. The van der Waals surface area contributed by atoms with Crippen LogP contribution in [-0.2, 0) is 14.3 Å². The molecular weight excluding hydrogens is 180 g/mol. The van der Waals surface area contributed by atoms with Crippen LogP contribution in [0.3, 0.4) is 0 Å². The summed E-state index contributed by atoms with van der Waals surface area (Å²) in [6.45, 7) is 3.62. The van der Waals surface area contributed by atoms with E-state index in [-0.39, 0.29) is 12.1 Å². The molecule has 0 radical (unpaired) electrons. The molecule has 0 spiro atoms. The Balaban J connectivity index is 1.82. The lowest BCUT2D eigenvalue weighted by atomic mass is 9.98. The fourth-order valence-electron chi connectivity index (χ4n) is 1.84. The van der Waals surface area contributed by atoms with E-state index < -0.39 is 0 Å². The van der Waals surface area contributed by atoms with E-state index in [4.69, 9.17) is 9.47 Å². The van der Waals surface area contributed by atoms with Crippen molar-refractivity contribution in [3.8, 4) is 0 Å². The average Bonchev–Trinajstić information content (AvgIpc) is 2.94. The van der Waals surface area contributed by atoms with Gasteiger partial charge in [-0.25, -0.2) is 4.79 Å². The van der Waals surface area contributed by atoms with Gasteiger partial charge in [0.1, 0.15) is 6.10 Å².